The predicted molar refractivity (Wildman–Crippen MR) is 101 cm³/mol. The molecule has 3 rings (SSSR count). The van der Waals surface area contributed by atoms with Crippen LogP contribution < -0.4 is 9.47 Å². The number of rotatable bonds is 5. The molecule has 0 fully saturated rings. The molecule has 0 bridgehead atoms. The highest BCUT2D eigenvalue weighted by atomic mass is 35.5. The number of carbonyl (C=O) groups is 2. The van der Waals surface area contributed by atoms with E-state index in [0.29, 0.717) is 36.3 Å². The number of hydrogen-bond donors (Lipinski definition) is 0. The summed E-state index contributed by atoms with van der Waals surface area (Å²) in [5.41, 5.74) is 0.991. The van der Waals surface area contributed by atoms with Crippen molar-refractivity contribution >= 4 is 35.1 Å². The molecule has 0 radical (unpaired) electrons. The molecular formula is C19H17Cl2NO5. The van der Waals surface area contributed by atoms with Crippen LogP contribution in [0.4, 0.5) is 0 Å². The normalized spacial score (nSPS) is 12.4. The van der Waals surface area contributed by atoms with E-state index in [-0.39, 0.29) is 16.5 Å². The Morgan fingerprint density at radius 1 is 1.07 bits per heavy atom. The first kappa shape index (κ1) is 19.3. The second-order valence-electron chi connectivity index (χ2n) is 5.93. The summed E-state index contributed by atoms with van der Waals surface area (Å²) in [5, 5.41) is 0.565. The zero-order valence-corrected chi connectivity index (χ0v) is 16.0. The van der Waals surface area contributed by atoms with E-state index in [0.717, 1.165) is 5.56 Å². The van der Waals surface area contributed by atoms with Gasteiger partial charge in [-0.05, 0) is 35.9 Å². The molecule has 0 saturated heterocycles. The molecule has 27 heavy (non-hydrogen) atoms. The molecule has 0 N–H and O–H groups in total. The van der Waals surface area contributed by atoms with Gasteiger partial charge in [0.1, 0.15) is 13.2 Å². The lowest BCUT2D eigenvalue weighted by Crippen LogP contribution is -2.31. The van der Waals surface area contributed by atoms with Gasteiger partial charge in [0.2, 0.25) is 0 Å². The van der Waals surface area contributed by atoms with E-state index < -0.39 is 12.6 Å². The second kappa shape index (κ2) is 8.50. The maximum atomic E-state index is 12.3. The van der Waals surface area contributed by atoms with E-state index in [2.05, 4.69) is 0 Å². The Bertz CT molecular complexity index is 871. The van der Waals surface area contributed by atoms with Crippen molar-refractivity contribution < 1.29 is 23.8 Å². The van der Waals surface area contributed by atoms with Gasteiger partial charge in [0.05, 0.1) is 10.6 Å². The molecule has 0 atom stereocenters. The Morgan fingerprint density at radius 3 is 2.59 bits per heavy atom. The Morgan fingerprint density at radius 2 is 1.81 bits per heavy atom. The van der Waals surface area contributed by atoms with E-state index in [1.807, 2.05) is 18.2 Å². The largest absolute Gasteiger partial charge is 0.486 e. The first-order valence-electron chi connectivity index (χ1n) is 8.18. The van der Waals surface area contributed by atoms with Crippen molar-refractivity contribution in [2.24, 2.45) is 0 Å². The van der Waals surface area contributed by atoms with Crippen molar-refractivity contribution in [3.05, 3.63) is 57.6 Å². The summed E-state index contributed by atoms with van der Waals surface area (Å²) in [4.78, 5) is 25.8. The van der Waals surface area contributed by atoms with Crippen molar-refractivity contribution in [3.8, 4) is 11.5 Å². The van der Waals surface area contributed by atoms with Gasteiger partial charge in [-0.25, -0.2) is 4.79 Å². The van der Waals surface area contributed by atoms with Crippen LogP contribution in [0.3, 0.4) is 0 Å². The SMILES string of the molecule is CN(Cc1ccc2c(c1)OCCO2)C(=O)COC(=O)c1cc(Cl)ccc1Cl. The van der Waals surface area contributed by atoms with Gasteiger partial charge in [0.25, 0.3) is 5.91 Å². The van der Waals surface area contributed by atoms with Crippen molar-refractivity contribution in [1.29, 1.82) is 0 Å². The number of nitrogens with zero attached hydrogens (tertiary/aromatic N) is 1. The zero-order chi connectivity index (χ0) is 19.4. The molecule has 6 nitrogen and oxygen atoms in total. The number of carbonyl (C=O) groups excluding carboxylic acids is 2. The Balaban J connectivity index is 1.56. The fourth-order valence-electron chi connectivity index (χ4n) is 2.52. The summed E-state index contributed by atoms with van der Waals surface area (Å²) in [6.07, 6.45) is 0. The first-order valence-corrected chi connectivity index (χ1v) is 8.94. The minimum atomic E-state index is -0.705. The van der Waals surface area contributed by atoms with E-state index in [9.17, 15) is 9.59 Å². The number of hydrogen-bond acceptors (Lipinski definition) is 5. The minimum Gasteiger partial charge on any atom is -0.486 e. The molecule has 0 aromatic heterocycles. The third-order valence-corrected chi connectivity index (χ3v) is 4.49. The standard InChI is InChI=1S/C19H17Cl2NO5/c1-22(10-12-2-5-16-17(8-12)26-7-6-25-16)18(23)11-27-19(24)14-9-13(20)3-4-15(14)21/h2-5,8-9H,6-7,10-11H2,1H3. The van der Waals surface area contributed by atoms with Crippen molar-refractivity contribution in [3.63, 3.8) is 0 Å². The van der Waals surface area contributed by atoms with Crippen LogP contribution in [-0.2, 0) is 16.1 Å². The van der Waals surface area contributed by atoms with Gasteiger partial charge in [-0.2, -0.15) is 0 Å². The lowest BCUT2D eigenvalue weighted by atomic mass is 10.2. The van der Waals surface area contributed by atoms with Crippen LogP contribution in [0.25, 0.3) is 0 Å². The Kier molecular flexibility index (Phi) is 6.08. The highest BCUT2D eigenvalue weighted by Crippen LogP contribution is 2.31. The quantitative estimate of drug-likeness (QED) is 0.706. The predicted octanol–water partition coefficient (Wildman–Crippen LogP) is 3.58. The molecule has 1 amide bonds. The molecule has 1 heterocycles. The monoisotopic (exact) mass is 409 g/mol. The van der Waals surface area contributed by atoms with Gasteiger partial charge in [-0.3, -0.25) is 4.79 Å². The molecule has 0 saturated carbocycles. The molecule has 1 aliphatic rings. The van der Waals surface area contributed by atoms with Gasteiger partial charge in [0, 0.05) is 18.6 Å². The Hall–Kier alpha value is -2.44. The summed E-state index contributed by atoms with van der Waals surface area (Å²) < 4.78 is 16.1. The molecule has 0 unspecified atom stereocenters. The molecule has 8 heteroatoms. The third kappa shape index (κ3) is 4.84. The number of halogens is 2. The molecule has 0 aliphatic carbocycles. The van der Waals surface area contributed by atoms with Crippen LogP contribution >= 0.6 is 23.2 Å². The zero-order valence-electron chi connectivity index (χ0n) is 14.5. The molecule has 2 aromatic carbocycles. The Labute approximate surface area is 166 Å². The fourth-order valence-corrected chi connectivity index (χ4v) is 2.88. The molecule has 1 aliphatic heterocycles. The number of ether oxygens (including phenoxy) is 3. The maximum absolute atomic E-state index is 12.3. The molecular weight excluding hydrogens is 393 g/mol. The van der Waals surface area contributed by atoms with E-state index in [4.69, 9.17) is 37.4 Å². The van der Waals surface area contributed by atoms with Crippen LogP contribution in [0.5, 0.6) is 11.5 Å². The summed E-state index contributed by atoms with van der Waals surface area (Å²) in [6, 6.07) is 9.95. The smallest absolute Gasteiger partial charge is 0.340 e. The number of amides is 1. The van der Waals surface area contributed by atoms with Gasteiger partial charge in [0.15, 0.2) is 18.1 Å². The van der Waals surface area contributed by atoms with Crippen molar-refractivity contribution in [2.75, 3.05) is 26.9 Å². The average Bonchev–Trinajstić information content (AvgIpc) is 2.67. The van der Waals surface area contributed by atoms with Crippen molar-refractivity contribution in [1.82, 2.24) is 4.90 Å². The first-order chi connectivity index (χ1) is 12.9. The molecule has 142 valence electrons. The van der Waals surface area contributed by atoms with Crippen LogP contribution in [-0.4, -0.2) is 43.6 Å². The summed E-state index contributed by atoms with van der Waals surface area (Å²) >= 11 is 11.8. The lowest BCUT2D eigenvalue weighted by Gasteiger charge is -2.21. The molecule has 0 spiro atoms. The van der Waals surface area contributed by atoms with E-state index >= 15 is 0 Å². The fraction of sp³-hybridized carbons (Fsp3) is 0.263. The lowest BCUT2D eigenvalue weighted by molar-refractivity contribution is -0.133. The minimum absolute atomic E-state index is 0.117. The second-order valence-corrected chi connectivity index (χ2v) is 6.77. The van der Waals surface area contributed by atoms with Crippen molar-refractivity contribution in [2.45, 2.75) is 6.54 Å². The summed E-state index contributed by atoms with van der Waals surface area (Å²) in [5.74, 6) is 0.285. The summed E-state index contributed by atoms with van der Waals surface area (Å²) in [7, 11) is 1.62. The average molecular weight is 410 g/mol. The van der Waals surface area contributed by atoms with Crippen LogP contribution in [0.2, 0.25) is 10.0 Å². The number of benzene rings is 2. The highest BCUT2D eigenvalue weighted by Gasteiger charge is 2.18. The van der Waals surface area contributed by atoms with Crippen LogP contribution in [0.1, 0.15) is 15.9 Å². The van der Waals surface area contributed by atoms with Gasteiger partial charge < -0.3 is 19.1 Å². The number of esters is 1. The highest BCUT2D eigenvalue weighted by molar-refractivity contribution is 6.35. The van der Waals surface area contributed by atoms with Crippen LogP contribution in [0.15, 0.2) is 36.4 Å². The third-order valence-electron chi connectivity index (χ3n) is 3.93. The number of likely N-dealkylation sites (N-methyl/N-ethyl adjacent to an activating group) is 1. The number of fused-ring (bicyclic) bond motifs is 1. The van der Waals surface area contributed by atoms with Gasteiger partial charge >= 0.3 is 5.97 Å². The maximum Gasteiger partial charge on any atom is 0.340 e. The van der Waals surface area contributed by atoms with E-state index in [1.165, 1.54) is 17.0 Å². The topological polar surface area (TPSA) is 65.1 Å². The summed E-state index contributed by atoms with van der Waals surface area (Å²) in [6.45, 7) is 0.952. The van der Waals surface area contributed by atoms with Crippen LogP contribution in [0, 0.1) is 0 Å². The van der Waals surface area contributed by atoms with E-state index in [1.54, 1.807) is 13.1 Å². The van der Waals surface area contributed by atoms with Gasteiger partial charge in [-0.15, -0.1) is 0 Å². The molecule has 2 aromatic rings. The van der Waals surface area contributed by atoms with Gasteiger partial charge in [-0.1, -0.05) is 29.3 Å².